The average molecular weight is 343 g/mol. The van der Waals surface area contributed by atoms with Crippen molar-refractivity contribution in [1.29, 1.82) is 0 Å². The van der Waals surface area contributed by atoms with Crippen molar-refractivity contribution >= 4 is 5.97 Å². The van der Waals surface area contributed by atoms with Crippen molar-refractivity contribution in [3.63, 3.8) is 0 Å². The lowest BCUT2D eigenvalue weighted by atomic mass is 9.68. The van der Waals surface area contributed by atoms with Crippen molar-refractivity contribution in [2.45, 2.75) is 77.6 Å². The molecule has 0 amide bonds. The zero-order chi connectivity index (χ0) is 17.6. The Morgan fingerprint density at radius 3 is 1.96 bits per heavy atom. The summed E-state index contributed by atoms with van der Waals surface area (Å²) in [7, 11) is 0. The highest BCUT2D eigenvalue weighted by Crippen LogP contribution is 2.44. The van der Waals surface area contributed by atoms with Crippen LogP contribution in [-0.2, 0) is 4.74 Å². The van der Waals surface area contributed by atoms with E-state index < -0.39 is 0 Å². The topological polar surface area (TPSA) is 26.3 Å². The van der Waals surface area contributed by atoms with Crippen molar-refractivity contribution in [2.75, 3.05) is 6.61 Å². The highest BCUT2D eigenvalue weighted by molar-refractivity contribution is 5.89. The largest absolute Gasteiger partial charge is 0.462 e. The van der Waals surface area contributed by atoms with E-state index in [0.29, 0.717) is 18.1 Å². The first-order valence-corrected chi connectivity index (χ1v) is 10.5. The van der Waals surface area contributed by atoms with E-state index in [4.69, 9.17) is 4.74 Å². The fraction of sp³-hybridized carbons (Fsp3) is 0.696. The van der Waals surface area contributed by atoms with Gasteiger partial charge in [0, 0.05) is 0 Å². The summed E-state index contributed by atoms with van der Waals surface area (Å²) in [5.74, 6) is 3.44. The van der Waals surface area contributed by atoms with Crippen LogP contribution in [0.5, 0.6) is 0 Å². The van der Waals surface area contributed by atoms with Gasteiger partial charge in [0.25, 0.3) is 0 Å². The van der Waals surface area contributed by atoms with Gasteiger partial charge in [0.05, 0.1) is 12.2 Å². The number of esters is 1. The van der Waals surface area contributed by atoms with Gasteiger partial charge >= 0.3 is 5.97 Å². The maximum absolute atomic E-state index is 11.8. The van der Waals surface area contributed by atoms with Gasteiger partial charge in [-0.3, -0.25) is 0 Å². The lowest BCUT2D eigenvalue weighted by Crippen LogP contribution is -2.25. The SMILES string of the molecule is CCOC(=O)c1ccc(C2CCC([C@H]3CC[C@H](CC)CC3)CC2)cc1. The van der Waals surface area contributed by atoms with Gasteiger partial charge in [0.1, 0.15) is 0 Å². The first-order valence-electron chi connectivity index (χ1n) is 10.5. The normalized spacial score (nSPS) is 30.0. The third-order valence-corrected chi connectivity index (χ3v) is 6.80. The van der Waals surface area contributed by atoms with Gasteiger partial charge in [-0.25, -0.2) is 4.79 Å². The van der Waals surface area contributed by atoms with Gasteiger partial charge in [0.2, 0.25) is 0 Å². The van der Waals surface area contributed by atoms with E-state index in [9.17, 15) is 4.79 Å². The summed E-state index contributed by atoms with van der Waals surface area (Å²) in [6.45, 7) is 4.63. The minimum atomic E-state index is -0.208. The van der Waals surface area contributed by atoms with Crippen molar-refractivity contribution in [2.24, 2.45) is 17.8 Å². The van der Waals surface area contributed by atoms with Crippen LogP contribution in [0.25, 0.3) is 0 Å². The molecule has 2 heteroatoms. The molecular formula is C23H34O2. The molecule has 2 nitrogen and oxygen atoms in total. The molecule has 138 valence electrons. The zero-order valence-electron chi connectivity index (χ0n) is 16.0. The van der Waals surface area contributed by atoms with Gasteiger partial charge in [-0.05, 0) is 86.8 Å². The van der Waals surface area contributed by atoms with Crippen LogP contribution in [0.2, 0.25) is 0 Å². The molecule has 0 aliphatic heterocycles. The molecule has 2 aliphatic carbocycles. The summed E-state index contributed by atoms with van der Waals surface area (Å²) in [5, 5.41) is 0. The first kappa shape index (κ1) is 18.5. The Kier molecular flexibility index (Phi) is 6.56. The molecule has 2 fully saturated rings. The quantitative estimate of drug-likeness (QED) is 0.582. The molecule has 0 atom stereocenters. The second-order valence-corrected chi connectivity index (χ2v) is 8.14. The predicted molar refractivity (Wildman–Crippen MR) is 103 cm³/mol. The Labute approximate surface area is 153 Å². The van der Waals surface area contributed by atoms with Crippen LogP contribution >= 0.6 is 0 Å². The molecular weight excluding hydrogens is 308 g/mol. The van der Waals surface area contributed by atoms with E-state index in [2.05, 4.69) is 19.1 Å². The second-order valence-electron chi connectivity index (χ2n) is 8.14. The summed E-state index contributed by atoms with van der Waals surface area (Å²) in [4.78, 5) is 11.8. The molecule has 1 aromatic carbocycles. The lowest BCUT2D eigenvalue weighted by molar-refractivity contribution is 0.0526. The monoisotopic (exact) mass is 342 g/mol. The van der Waals surface area contributed by atoms with E-state index in [0.717, 1.165) is 17.8 Å². The van der Waals surface area contributed by atoms with Crippen LogP contribution in [0.4, 0.5) is 0 Å². The fourth-order valence-corrected chi connectivity index (χ4v) is 5.10. The summed E-state index contributed by atoms with van der Waals surface area (Å²) in [6.07, 6.45) is 12.7. The van der Waals surface area contributed by atoms with E-state index in [1.54, 1.807) is 0 Å². The molecule has 2 aliphatic rings. The molecule has 25 heavy (non-hydrogen) atoms. The zero-order valence-corrected chi connectivity index (χ0v) is 16.0. The maximum atomic E-state index is 11.8. The molecule has 0 spiro atoms. The van der Waals surface area contributed by atoms with E-state index in [-0.39, 0.29) is 5.97 Å². The lowest BCUT2D eigenvalue weighted by Gasteiger charge is -2.38. The first-order chi connectivity index (χ1) is 12.2. The number of hydrogen-bond donors (Lipinski definition) is 0. The minimum absolute atomic E-state index is 0.208. The Hall–Kier alpha value is -1.31. The van der Waals surface area contributed by atoms with Gasteiger partial charge < -0.3 is 4.74 Å². The van der Waals surface area contributed by atoms with Gasteiger partial charge in [0.15, 0.2) is 0 Å². The average Bonchev–Trinajstić information content (AvgIpc) is 2.68. The third kappa shape index (κ3) is 4.65. The molecule has 0 unspecified atom stereocenters. The van der Waals surface area contributed by atoms with Crippen LogP contribution in [0, 0.1) is 17.8 Å². The van der Waals surface area contributed by atoms with E-state index in [1.807, 2.05) is 19.1 Å². The highest BCUT2D eigenvalue weighted by atomic mass is 16.5. The van der Waals surface area contributed by atoms with Crippen molar-refractivity contribution < 1.29 is 9.53 Å². The number of carbonyl (C=O) groups is 1. The second kappa shape index (κ2) is 8.87. The van der Waals surface area contributed by atoms with Crippen LogP contribution in [0.1, 0.15) is 93.5 Å². The van der Waals surface area contributed by atoms with Crippen LogP contribution in [-0.4, -0.2) is 12.6 Å². The molecule has 0 saturated heterocycles. The Balaban J connectivity index is 1.50. The number of carbonyl (C=O) groups excluding carboxylic acids is 1. The molecule has 0 bridgehead atoms. The van der Waals surface area contributed by atoms with Gasteiger partial charge in [-0.15, -0.1) is 0 Å². The fourth-order valence-electron chi connectivity index (χ4n) is 5.10. The molecule has 0 N–H and O–H groups in total. The maximum Gasteiger partial charge on any atom is 0.338 e. The number of ether oxygens (including phenoxy) is 1. The minimum Gasteiger partial charge on any atom is -0.462 e. The summed E-state index contributed by atoms with van der Waals surface area (Å²) in [6, 6.07) is 8.16. The molecule has 3 rings (SSSR count). The summed E-state index contributed by atoms with van der Waals surface area (Å²) in [5.41, 5.74) is 2.08. The number of hydrogen-bond acceptors (Lipinski definition) is 2. The number of rotatable bonds is 5. The molecule has 0 heterocycles. The van der Waals surface area contributed by atoms with Crippen molar-refractivity contribution in [3.05, 3.63) is 35.4 Å². The standard InChI is InChI=1S/C23H34O2/c1-3-17-5-7-18(8-6-17)19-9-11-20(12-10-19)21-13-15-22(16-14-21)23(24)25-4-2/h13-20H,3-12H2,1-2H3/t17-,18-,19?,20?. The Bertz CT molecular complexity index is 532. The van der Waals surface area contributed by atoms with Gasteiger partial charge in [-0.2, -0.15) is 0 Å². The molecule has 0 aromatic heterocycles. The molecule has 1 aromatic rings. The highest BCUT2D eigenvalue weighted by Gasteiger charge is 2.30. The molecule has 2 saturated carbocycles. The Morgan fingerprint density at radius 2 is 1.44 bits per heavy atom. The molecule has 0 radical (unpaired) electrons. The third-order valence-electron chi connectivity index (χ3n) is 6.80. The summed E-state index contributed by atoms with van der Waals surface area (Å²) >= 11 is 0. The Morgan fingerprint density at radius 1 is 0.880 bits per heavy atom. The smallest absolute Gasteiger partial charge is 0.338 e. The summed E-state index contributed by atoms with van der Waals surface area (Å²) < 4.78 is 5.07. The van der Waals surface area contributed by atoms with Crippen molar-refractivity contribution in [3.8, 4) is 0 Å². The van der Waals surface area contributed by atoms with Crippen molar-refractivity contribution in [1.82, 2.24) is 0 Å². The van der Waals surface area contributed by atoms with Crippen LogP contribution < -0.4 is 0 Å². The van der Waals surface area contributed by atoms with E-state index >= 15 is 0 Å². The van der Waals surface area contributed by atoms with Crippen LogP contribution in [0.15, 0.2) is 24.3 Å². The number of benzene rings is 1. The van der Waals surface area contributed by atoms with Crippen LogP contribution in [0.3, 0.4) is 0 Å². The predicted octanol–water partition coefficient (Wildman–Crippen LogP) is 6.35. The van der Waals surface area contributed by atoms with Gasteiger partial charge in [-0.1, -0.05) is 38.3 Å². The van der Waals surface area contributed by atoms with E-state index in [1.165, 1.54) is 63.4 Å².